The number of aromatic nitrogens is 2. The van der Waals surface area contributed by atoms with Crippen molar-refractivity contribution < 1.29 is 14.7 Å². The maximum absolute atomic E-state index is 12.2. The van der Waals surface area contributed by atoms with Gasteiger partial charge >= 0.3 is 6.03 Å². The molecule has 1 aromatic carbocycles. The number of carbonyl (C=O) groups excluding carboxylic acids is 2. The van der Waals surface area contributed by atoms with E-state index in [1.807, 2.05) is 13.0 Å². The SMILES string of the molecule is CCNC(=O)n1nc(-c2ccc(NC(=O)CC)cc2O)cc1C1CC1. The second-order valence-electron chi connectivity index (χ2n) is 6.11. The number of phenolic OH excluding ortho intramolecular Hbond substituents is 1. The number of nitrogens with zero attached hydrogens (tertiary/aromatic N) is 2. The van der Waals surface area contributed by atoms with Gasteiger partial charge < -0.3 is 15.7 Å². The molecule has 0 atom stereocenters. The standard InChI is InChI=1S/C18H22N4O3/c1-3-17(24)20-12-7-8-13(16(23)9-12)14-10-15(11-5-6-11)22(21-14)18(25)19-4-2/h7-11,23H,3-6H2,1-2H3,(H,19,25)(H,20,24). The van der Waals surface area contributed by atoms with E-state index in [0.29, 0.717) is 35.8 Å². The van der Waals surface area contributed by atoms with E-state index in [4.69, 9.17) is 0 Å². The third-order valence-corrected chi connectivity index (χ3v) is 4.13. The van der Waals surface area contributed by atoms with E-state index in [1.54, 1.807) is 19.1 Å². The number of nitrogens with one attached hydrogen (secondary N) is 2. The van der Waals surface area contributed by atoms with Crippen molar-refractivity contribution in [2.75, 3.05) is 11.9 Å². The summed E-state index contributed by atoms with van der Waals surface area (Å²) in [4.78, 5) is 23.7. The minimum atomic E-state index is -0.262. The number of rotatable bonds is 5. The Morgan fingerprint density at radius 2 is 2.04 bits per heavy atom. The molecule has 1 fully saturated rings. The molecule has 132 valence electrons. The maximum Gasteiger partial charge on any atom is 0.342 e. The summed E-state index contributed by atoms with van der Waals surface area (Å²) in [6.45, 7) is 4.14. The van der Waals surface area contributed by atoms with E-state index in [-0.39, 0.29) is 17.7 Å². The summed E-state index contributed by atoms with van der Waals surface area (Å²) >= 11 is 0. The first-order valence-electron chi connectivity index (χ1n) is 8.54. The van der Waals surface area contributed by atoms with Gasteiger partial charge in [-0.1, -0.05) is 6.92 Å². The number of hydrogen-bond acceptors (Lipinski definition) is 4. The first kappa shape index (κ1) is 17.0. The van der Waals surface area contributed by atoms with Crippen molar-refractivity contribution in [1.29, 1.82) is 0 Å². The summed E-state index contributed by atoms with van der Waals surface area (Å²) in [6, 6.07) is 6.49. The fraction of sp³-hybridized carbons (Fsp3) is 0.389. The third kappa shape index (κ3) is 3.65. The molecule has 1 aliphatic rings. The van der Waals surface area contributed by atoms with Gasteiger partial charge in [-0.25, -0.2) is 4.79 Å². The van der Waals surface area contributed by atoms with Gasteiger partial charge in [0.1, 0.15) is 5.75 Å². The van der Waals surface area contributed by atoms with E-state index >= 15 is 0 Å². The topological polar surface area (TPSA) is 96.3 Å². The molecule has 1 heterocycles. The van der Waals surface area contributed by atoms with Crippen LogP contribution in [0.25, 0.3) is 11.3 Å². The lowest BCUT2D eigenvalue weighted by Crippen LogP contribution is -2.30. The van der Waals surface area contributed by atoms with Crippen LogP contribution in [0.5, 0.6) is 5.75 Å². The Kier molecular flexibility index (Phi) is 4.74. The Morgan fingerprint density at radius 1 is 1.28 bits per heavy atom. The summed E-state index contributed by atoms with van der Waals surface area (Å²) in [5.41, 5.74) is 2.46. The highest BCUT2D eigenvalue weighted by molar-refractivity contribution is 5.91. The van der Waals surface area contributed by atoms with Crippen molar-refractivity contribution >= 4 is 17.6 Å². The Bertz CT molecular complexity index is 809. The van der Waals surface area contributed by atoms with Crippen LogP contribution in [-0.2, 0) is 4.79 Å². The van der Waals surface area contributed by atoms with E-state index < -0.39 is 0 Å². The van der Waals surface area contributed by atoms with Gasteiger partial charge in [0.2, 0.25) is 5.91 Å². The van der Waals surface area contributed by atoms with E-state index in [2.05, 4.69) is 15.7 Å². The molecule has 0 saturated heterocycles. The van der Waals surface area contributed by atoms with Crippen LogP contribution in [0.15, 0.2) is 24.3 Å². The molecular weight excluding hydrogens is 320 g/mol. The molecule has 1 aromatic heterocycles. The number of anilines is 1. The van der Waals surface area contributed by atoms with Crippen molar-refractivity contribution in [2.45, 2.75) is 39.0 Å². The Hall–Kier alpha value is -2.83. The molecule has 0 unspecified atom stereocenters. The van der Waals surface area contributed by atoms with Gasteiger partial charge in [0, 0.05) is 36.2 Å². The molecule has 0 bridgehead atoms. The second-order valence-corrected chi connectivity index (χ2v) is 6.11. The molecule has 3 rings (SSSR count). The van der Waals surface area contributed by atoms with Gasteiger partial charge in [-0.2, -0.15) is 9.78 Å². The minimum absolute atomic E-state index is 0.0109. The van der Waals surface area contributed by atoms with Gasteiger partial charge in [0.25, 0.3) is 0 Å². The fourth-order valence-electron chi connectivity index (χ4n) is 2.66. The predicted octanol–water partition coefficient (Wildman–Crippen LogP) is 3.06. The molecule has 7 nitrogen and oxygen atoms in total. The fourth-order valence-corrected chi connectivity index (χ4v) is 2.66. The molecule has 1 aliphatic carbocycles. The number of benzene rings is 1. The lowest BCUT2D eigenvalue weighted by Gasteiger charge is -2.07. The molecule has 2 aromatic rings. The summed E-state index contributed by atoms with van der Waals surface area (Å²) in [7, 11) is 0. The number of carbonyl (C=O) groups is 2. The first-order valence-corrected chi connectivity index (χ1v) is 8.54. The van der Waals surface area contributed by atoms with Crippen LogP contribution in [0.1, 0.15) is 44.7 Å². The van der Waals surface area contributed by atoms with Crippen LogP contribution in [-0.4, -0.2) is 33.4 Å². The van der Waals surface area contributed by atoms with Gasteiger partial charge in [-0.05, 0) is 38.0 Å². The quantitative estimate of drug-likeness (QED) is 0.778. The van der Waals surface area contributed by atoms with E-state index in [9.17, 15) is 14.7 Å². The van der Waals surface area contributed by atoms with Crippen molar-refractivity contribution in [2.24, 2.45) is 0 Å². The Labute approximate surface area is 146 Å². The van der Waals surface area contributed by atoms with Crippen LogP contribution in [0, 0.1) is 0 Å². The maximum atomic E-state index is 12.2. The zero-order chi connectivity index (χ0) is 18.0. The lowest BCUT2D eigenvalue weighted by molar-refractivity contribution is -0.115. The highest BCUT2D eigenvalue weighted by Gasteiger charge is 2.30. The average molecular weight is 342 g/mol. The average Bonchev–Trinajstić information content (AvgIpc) is 3.34. The molecule has 2 amide bonds. The molecule has 0 spiro atoms. The molecule has 7 heteroatoms. The third-order valence-electron chi connectivity index (χ3n) is 4.13. The largest absolute Gasteiger partial charge is 0.507 e. The van der Waals surface area contributed by atoms with Gasteiger partial charge in [0.05, 0.1) is 11.4 Å². The number of hydrogen-bond donors (Lipinski definition) is 3. The number of phenols is 1. The number of amides is 2. The first-order chi connectivity index (χ1) is 12.0. The van der Waals surface area contributed by atoms with Crippen LogP contribution in [0.2, 0.25) is 0 Å². The summed E-state index contributed by atoms with van der Waals surface area (Å²) in [6.07, 6.45) is 2.45. The summed E-state index contributed by atoms with van der Waals surface area (Å²) in [5, 5.41) is 20.2. The molecule has 0 radical (unpaired) electrons. The molecule has 1 saturated carbocycles. The molecule has 3 N–H and O–H groups in total. The second kappa shape index (κ2) is 6.96. The van der Waals surface area contributed by atoms with Crippen molar-refractivity contribution in [3.63, 3.8) is 0 Å². The highest BCUT2D eigenvalue weighted by atomic mass is 16.3. The predicted molar refractivity (Wildman–Crippen MR) is 94.7 cm³/mol. The highest BCUT2D eigenvalue weighted by Crippen LogP contribution is 2.42. The summed E-state index contributed by atoms with van der Waals surface area (Å²) in [5.74, 6) is 0.231. The summed E-state index contributed by atoms with van der Waals surface area (Å²) < 4.78 is 1.39. The lowest BCUT2D eigenvalue weighted by atomic mass is 10.1. The van der Waals surface area contributed by atoms with Crippen molar-refractivity contribution in [1.82, 2.24) is 15.1 Å². The van der Waals surface area contributed by atoms with Crippen molar-refractivity contribution in [3.05, 3.63) is 30.0 Å². The zero-order valence-corrected chi connectivity index (χ0v) is 14.4. The van der Waals surface area contributed by atoms with E-state index in [0.717, 1.165) is 18.5 Å². The van der Waals surface area contributed by atoms with Gasteiger partial charge in [0.15, 0.2) is 0 Å². The Balaban J connectivity index is 1.92. The zero-order valence-electron chi connectivity index (χ0n) is 14.4. The van der Waals surface area contributed by atoms with E-state index in [1.165, 1.54) is 10.7 Å². The molecule has 0 aliphatic heterocycles. The Morgan fingerprint density at radius 3 is 2.64 bits per heavy atom. The minimum Gasteiger partial charge on any atom is -0.507 e. The van der Waals surface area contributed by atoms with Gasteiger partial charge in [-0.15, -0.1) is 0 Å². The molecular formula is C18H22N4O3. The van der Waals surface area contributed by atoms with Crippen molar-refractivity contribution in [3.8, 4) is 17.0 Å². The number of aromatic hydroxyl groups is 1. The normalized spacial score (nSPS) is 13.5. The van der Waals surface area contributed by atoms with Crippen LogP contribution in [0.3, 0.4) is 0 Å². The van der Waals surface area contributed by atoms with Crippen LogP contribution >= 0.6 is 0 Å². The van der Waals surface area contributed by atoms with Crippen LogP contribution < -0.4 is 10.6 Å². The monoisotopic (exact) mass is 342 g/mol. The molecule has 25 heavy (non-hydrogen) atoms. The smallest absolute Gasteiger partial charge is 0.342 e. The van der Waals surface area contributed by atoms with Gasteiger partial charge in [-0.3, -0.25) is 4.79 Å². The van der Waals surface area contributed by atoms with Crippen LogP contribution in [0.4, 0.5) is 10.5 Å².